The van der Waals surface area contributed by atoms with E-state index in [0.29, 0.717) is 11.4 Å². The van der Waals surface area contributed by atoms with Crippen LogP contribution >= 0.6 is 0 Å². The summed E-state index contributed by atoms with van der Waals surface area (Å²) in [5.74, 6) is -1.36. The van der Waals surface area contributed by atoms with E-state index in [1.807, 2.05) is 0 Å². The minimum absolute atomic E-state index is 0.150. The van der Waals surface area contributed by atoms with E-state index in [1.165, 1.54) is 30.6 Å². The summed E-state index contributed by atoms with van der Waals surface area (Å²) in [5.41, 5.74) is 1.29. The van der Waals surface area contributed by atoms with Gasteiger partial charge in [0.25, 0.3) is 0 Å². The molecule has 0 atom stereocenters. The van der Waals surface area contributed by atoms with Gasteiger partial charge in [0.05, 0.1) is 17.4 Å². The van der Waals surface area contributed by atoms with Gasteiger partial charge in [-0.3, -0.25) is 4.98 Å². The maximum absolute atomic E-state index is 12.8. The van der Waals surface area contributed by atoms with Crippen molar-refractivity contribution in [2.45, 2.75) is 0 Å². The SMILES string of the molecule is CN(c1ccc(F)cc1)c1cnccc1C(=O)O. The maximum Gasteiger partial charge on any atom is 0.337 e. The van der Waals surface area contributed by atoms with E-state index in [0.717, 1.165) is 0 Å². The lowest BCUT2D eigenvalue weighted by Crippen LogP contribution is -2.14. The molecular weight excluding hydrogens is 235 g/mol. The van der Waals surface area contributed by atoms with Crippen molar-refractivity contribution in [3.63, 3.8) is 0 Å². The number of aromatic nitrogens is 1. The number of carboxylic acids is 1. The van der Waals surface area contributed by atoms with Crippen molar-refractivity contribution in [3.8, 4) is 0 Å². The molecule has 0 spiro atoms. The number of carbonyl (C=O) groups is 1. The molecule has 1 aromatic heterocycles. The number of hydrogen-bond donors (Lipinski definition) is 1. The molecule has 2 rings (SSSR count). The summed E-state index contributed by atoms with van der Waals surface area (Å²) in [7, 11) is 1.71. The van der Waals surface area contributed by atoms with Gasteiger partial charge in [-0.15, -0.1) is 0 Å². The highest BCUT2D eigenvalue weighted by Gasteiger charge is 2.14. The predicted molar refractivity (Wildman–Crippen MR) is 65.7 cm³/mol. The largest absolute Gasteiger partial charge is 0.478 e. The molecule has 1 heterocycles. The van der Waals surface area contributed by atoms with Crippen LogP contribution in [0.4, 0.5) is 15.8 Å². The Labute approximate surface area is 103 Å². The zero-order chi connectivity index (χ0) is 13.1. The van der Waals surface area contributed by atoms with Crippen LogP contribution in [-0.2, 0) is 0 Å². The number of hydrogen-bond acceptors (Lipinski definition) is 3. The van der Waals surface area contributed by atoms with Gasteiger partial charge in [-0.1, -0.05) is 0 Å². The van der Waals surface area contributed by atoms with Crippen LogP contribution in [0.2, 0.25) is 0 Å². The third-order valence-electron chi connectivity index (χ3n) is 2.61. The summed E-state index contributed by atoms with van der Waals surface area (Å²) in [6.07, 6.45) is 2.89. The Morgan fingerprint density at radius 3 is 2.56 bits per heavy atom. The van der Waals surface area contributed by atoms with Crippen LogP contribution in [0.25, 0.3) is 0 Å². The molecule has 2 aromatic rings. The molecule has 1 aromatic carbocycles. The molecular formula is C13H11FN2O2. The molecule has 1 N–H and O–H groups in total. The molecule has 18 heavy (non-hydrogen) atoms. The van der Waals surface area contributed by atoms with Gasteiger partial charge >= 0.3 is 5.97 Å². The van der Waals surface area contributed by atoms with E-state index >= 15 is 0 Å². The van der Waals surface area contributed by atoms with Crippen LogP contribution in [0.15, 0.2) is 42.7 Å². The highest BCUT2D eigenvalue weighted by atomic mass is 19.1. The minimum Gasteiger partial charge on any atom is -0.478 e. The number of pyridine rings is 1. The van der Waals surface area contributed by atoms with Crippen LogP contribution in [0, 0.1) is 5.82 Å². The Morgan fingerprint density at radius 1 is 1.28 bits per heavy atom. The topological polar surface area (TPSA) is 53.4 Å². The second-order valence-electron chi connectivity index (χ2n) is 3.73. The third-order valence-corrected chi connectivity index (χ3v) is 2.61. The van der Waals surface area contributed by atoms with Crippen molar-refractivity contribution < 1.29 is 14.3 Å². The summed E-state index contributed by atoms with van der Waals surface area (Å²) in [6, 6.07) is 7.23. The second-order valence-corrected chi connectivity index (χ2v) is 3.73. The lowest BCUT2D eigenvalue weighted by atomic mass is 10.2. The zero-order valence-electron chi connectivity index (χ0n) is 9.67. The lowest BCUT2D eigenvalue weighted by molar-refractivity contribution is 0.0697. The molecule has 0 aliphatic carbocycles. The first-order valence-corrected chi connectivity index (χ1v) is 5.26. The van der Waals surface area contributed by atoms with Crippen LogP contribution < -0.4 is 4.90 Å². The van der Waals surface area contributed by atoms with E-state index in [1.54, 1.807) is 24.1 Å². The van der Waals surface area contributed by atoms with Gasteiger partial charge in [0.2, 0.25) is 0 Å². The smallest absolute Gasteiger partial charge is 0.337 e. The van der Waals surface area contributed by atoms with Crippen LogP contribution in [0.5, 0.6) is 0 Å². The number of nitrogens with zero attached hydrogens (tertiary/aromatic N) is 2. The molecule has 4 nitrogen and oxygen atoms in total. The highest BCUT2D eigenvalue weighted by molar-refractivity contribution is 5.95. The van der Waals surface area contributed by atoms with Crippen molar-refractivity contribution in [2.75, 3.05) is 11.9 Å². The number of aromatic carboxylic acids is 1. The van der Waals surface area contributed by atoms with Gasteiger partial charge in [0.15, 0.2) is 0 Å². The fourth-order valence-corrected chi connectivity index (χ4v) is 1.64. The average Bonchev–Trinajstić information content (AvgIpc) is 2.39. The number of halogens is 1. The summed E-state index contributed by atoms with van der Waals surface area (Å²) in [4.78, 5) is 16.7. The fourth-order valence-electron chi connectivity index (χ4n) is 1.64. The van der Waals surface area contributed by atoms with Crippen LogP contribution in [-0.4, -0.2) is 23.1 Å². The average molecular weight is 246 g/mol. The van der Waals surface area contributed by atoms with E-state index in [4.69, 9.17) is 5.11 Å². The van der Waals surface area contributed by atoms with E-state index in [9.17, 15) is 9.18 Å². The quantitative estimate of drug-likeness (QED) is 0.904. The second kappa shape index (κ2) is 4.83. The normalized spacial score (nSPS) is 10.1. The van der Waals surface area contributed by atoms with Gasteiger partial charge in [-0.05, 0) is 30.3 Å². The molecule has 0 aliphatic rings. The van der Waals surface area contributed by atoms with Crippen molar-refractivity contribution in [2.24, 2.45) is 0 Å². The third kappa shape index (κ3) is 2.29. The Kier molecular flexibility index (Phi) is 3.23. The van der Waals surface area contributed by atoms with Crippen molar-refractivity contribution in [1.82, 2.24) is 4.98 Å². The van der Waals surface area contributed by atoms with E-state index in [2.05, 4.69) is 4.98 Å². The molecule has 0 amide bonds. The molecule has 0 fully saturated rings. The van der Waals surface area contributed by atoms with Gasteiger partial charge in [-0.25, -0.2) is 9.18 Å². The number of carboxylic acid groups (broad SMARTS) is 1. The highest BCUT2D eigenvalue weighted by Crippen LogP contribution is 2.26. The molecule has 0 unspecified atom stereocenters. The molecule has 0 aliphatic heterocycles. The predicted octanol–water partition coefficient (Wildman–Crippen LogP) is 2.69. The Morgan fingerprint density at radius 2 is 1.94 bits per heavy atom. The summed E-state index contributed by atoms with van der Waals surface area (Å²) in [5, 5.41) is 9.09. The number of benzene rings is 1. The Hall–Kier alpha value is -2.43. The first-order valence-electron chi connectivity index (χ1n) is 5.26. The zero-order valence-corrected chi connectivity index (χ0v) is 9.67. The van der Waals surface area contributed by atoms with E-state index in [-0.39, 0.29) is 11.4 Å². The molecule has 5 heteroatoms. The molecule has 0 bridgehead atoms. The Balaban J connectivity index is 2.42. The molecule has 0 saturated heterocycles. The first kappa shape index (κ1) is 12.0. The van der Waals surface area contributed by atoms with Gasteiger partial charge in [0, 0.05) is 18.9 Å². The standard InChI is InChI=1S/C13H11FN2O2/c1-16(10-4-2-9(14)3-5-10)12-8-15-7-6-11(12)13(17)18/h2-8H,1H3,(H,17,18). The van der Waals surface area contributed by atoms with E-state index < -0.39 is 5.97 Å². The van der Waals surface area contributed by atoms with Gasteiger partial charge < -0.3 is 10.0 Å². The van der Waals surface area contributed by atoms with Crippen LogP contribution in [0.3, 0.4) is 0 Å². The molecule has 92 valence electrons. The summed E-state index contributed by atoms with van der Waals surface area (Å²) < 4.78 is 12.8. The monoisotopic (exact) mass is 246 g/mol. The lowest BCUT2D eigenvalue weighted by Gasteiger charge is -2.20. The first-order chi connectivity index (χ1) is 8.59. The van der Waals surface area contributed by atoms with Crippen molar-refractivity contribution in [3.05, 3.63) is 54.1 Å². The maximum atomic E-state index is 12.8. The molecule has 0 radical (unpaired) electrons. The van der Waals surface area contributed by atoms with Crippen molar-refractivity contribution in [1.29, 1.82) is 0 Å². The molecule has 0 saturated carbocycles. The van der Waals surface area contributed by atoms with Crippen molar-refractivity contribution >= 4 is 17.3 Å². The minimum atomic E-state index is -1.03. The van der Waals surface area contributed by atoms with Gasteiger partial charge in [-0.2, -0.15) is 0 Å². The Bertz CT molecular complexity index is 569. The number of anilines is 2. The van der Waals surface area contributed by atoms with Crippen LogP contribution in [0.1, 0.15) is 10.4 Å². The number of rotatable bonds is 3. The summed E-state index contributed by atoms with van der Waals surface area (Å²) >= 11 is 0. The fraction of sp³-hybridized carbons (Fsp3) is 0.0769. The summed E-state index contributed by atoms with van der Waals surface area (Å²) in [6.45, 7) is 0. The van der Waals surface area contributed by atoms with Gasteiger partial charge in [0.1, 0.15) is 5.82 Å².